The number of amides is 1. The van der Waals surface area contributed by atoms with Crippen molar-refractivity contribution >= 4 is 27.7 Å². The van der Waals surface area contributed by atoms with Crippen LogP contribution < -0.4 is 10.9 Å². The lowest BCUT2D eigenvalue weighted by Crippen LogP contribution is -2.31. The normalized spacial score (nSPS) is 11.0. The molecule has 0 bridgehead atoms. The van der Waals surface area contributed by atoms with E-state index in [4.69, 9.17) is 0 Å². The van der Waals surface area contributed by atoms with Crippen molar-refractivity contribution < 1.29 is 4.79 Å². The number of hydrogen-bond donors (Lipinski definition) is 1. The predicted octanol–water partition coefficient (Wildman–Crippen LogP) is 2.82. The quantitative estimate of drug-likeness (QED) is 0.692. The molecule has 0 aliphatic rings. The van der Waals surface area contributed by atoms with E-state index in [2.05, 4.69) is 22.4 Å². The van der Waals surface area contributed by atoms with Gasteiger partial charge in [-0.05, 0) is 55.4 Å². The van der Waals surface area contributed by atoms with E-state index in [1.807, 2.05) is 38.1 Å². The highest BCUT2D eigenvalue weighted by Crippen LogP contribution is 2.18. The maximum Gasteiger partial charge on any atom is 0.270 e. The molecule has 0 radical (unpaired) electrons. The number of nitrogens with zero attached hydrogens (tertiary/aromatic N) is 2. The summed E-state index contributed by atoms with van der Waals surface area (Å²) in [4.78, 5) is 29.7. The van der Waals surface area contributed by atoms with Gasteiger partial charge in [-0.2, -0.15) is 0 Å². The molecule has 130 valence electrons. The van der Waals surface area contributed by atoms with Crippen LogP contribution in [0, 0.1) is 13.8 Å². The number of rotatable bonds is 6. The minimum Gasteiger partial charge on any atom is -0.355 e. The number of carbonyl (C=O) groups is 1. The molecule has 6 heteroatoms. The van der Waals surface area contributed by atoms with Crippen LogP contribution in [0.2, 0.25) is 0 Å². The summed E-state index contributed by atoms with van der Waals surface area (Å²) < 4.78 is 1.48. The third-order valence-electron chi connectivity index (χ3n) is 4.04. The minimum absolute atomic E-state index is 0.0453. The van der Waals surface area contributed by atoms with Gasteiger partial charge < -0.3 is 5.32 Å². The molecule has 1 aromatic carbocycles. The van der Waals surface area contributed by atoms with Crippen molar-refractivity contribution in [3.05, 3.63) is 63.6 Å². The van der Waals surface area contributed by atoms with Gasteiger partial charge in [-0.1, -0.05) is 30.3 Å². The Morgan fingerprint density at radius 1 is 1.24 bits per heavy atom. The maximum atomic E-state index is 12.5. The zero-order valence-electron chi connectivity index (χ0n) is 14.4. The maximum absolute atomic E-state index is 12.5. The van der Waals surface area contributed by atoms with E-state index in [1.165, 1.54) is 21.1 Å². The van der Waals surface area contributed by atoms with Crippen molar-refractivity contribution in [1.29, 1.82) is 0 Å². The minimum atomic E-state index is -0.143. The van der Waals surface area contributed by atoms with Crippen LogP contribution in [0.3, 0.4) is 0 Å². The van der Waals surface area contributed by atoms with Gasteiger partial charge in [0.25, 0.3) is 5.56 Å². The summed E-state index contributed by atoms with van der Waals surface area (Å²) in [5.74, 6) is -0.143. The third-order valence-corrected chi connectivity index (χ3v) is 5.03. The fraction of sp³-hybridized carbons (Fsp3) is 0.316. The predicted molar refractivity (Wildman–Crippen MR) is 101 cm³/mol. The van der Waals surface area contributed by atoms with Gasteiger partial charge in [0.2, 0.25) is 5.91 Å². The molecule has 0 saturated carbocycles. The summed E-state index contributed by atoms with van der Waals surface area (Å²) >= 11 is 1.25. The first-order valence-corrected chi connectivity index (χ1v) is 9.10. The zero-order chi connectivity index (χ0) is 17.8. The lowest BCUT2D eigenvalue weighted by atomic mass is 10.1. The smallest absolute Gasteiger partial charge is 0.270 e. The number of benzene rings is 1. The molecule has 0 spiro atoms. The number of pyridine rings is 1. The van der Waals surface area contributed by atoms with Crippen LogP contribution in [0.15, 0.2) is 41.2 Å². The van der Waals surface area contributed by atoms with E-state index in [-0.39, 0.29) is 18.0 Å². The molecule has 3 aromatic rings. The Bertz CT molecular complexity index is 944. The summed E-state index contributed by atoms with van der Waals surface area (Å²) in [7, 11) is 0. The van der Waals surface area contributed by atoms with E-state index < -0.39 is 0 Å². The number of fused-ring (bicyclic) bond motifs is 1. The summed E-state index contributed by atoms with van der Waals surface area (Å²) in [5.41, 5.74) is 2.91. The van der Waals surface area contributed by atoms with Gasteiger partial charge in [0.1, 0.15) is 11.4 Å². The van der Waals surface area contributed by atoms with Crippen LogP contribution in [-0.4, -0.2) is 21.4 Å². The highest BCUT2D eigenvalue weighted by Gasteiger charge is 2.14. The summed E-state index contributed by atoms with van der Waals surface area (Å²) in [6.07, 6.45) is 1.79. The highest BCUT2D eigenvalue weighted by atomic mass is 32.1. The third kappa shape index (κ3) is 4.14. The van der Waals surface area contributed by atoms with E-state index in [0.717, 1.165) is 24.1 Å². The second-order valence-electron chi connectivity index (χ2n) is 6.13. The lowest BCUT2D eigenvalue weighted by Gasteiger charge is -2.05. The molecule has 0 atom stereocenters. The molecular weight excluding hydrogens is 334 g/mol. The number of hydrogen-bond acceptors (Lipinski definition) is 4. The molecule has 3 rings (SSSR count). The van der Waals surface area contributed by atoms with Crippen LogP contribution in [0.4, 0.5) is 0 Å². The Kier molecular flexibility index (Phi) is 5.28. The van der Waals surface area contributed by atoms with E-state index in [0.29, 0.717) is 16.8 Å². The van der Waals surface area contributed by atoms with Crippen LogP contribution >= 0.6 is 11.5 Å². The van der Waals surface area contributed by atoms with Gasteiger partial charge >= 0.3 is 0 Å². The second-order valence-corrected chi connectivity index (χ2v) is 7.14. The van der Waals surface area contributed by atoms with Gasteiger partial charge in [-0.25, -0.2) is 4.98 Å². The lowest BCUT2D eigenvalue weighted by molar-refractivity contribution is -0.121. The van der Waals surface area contributed by atoms with Crippen molar-refractivity contribution in [2.45, 2.75) is 33.2 Å². The van der Waals surface area contributed by atoms with Crippen LogP contribution in [0.25, 0.3) is 10.2 Å². The van der Waals surface area contributed by atoms with Crippen LogP contribution in [0.5, 0.6) is 0 Å². The molecule has 0 fully saturated rings. The van der Waals surface area contributed by atoms with Crippen LogP contribution in [-0.2, 0) is 17.8 Å². The average Bonchev–Trinajstić information content (AvgIpc) is 2.88. The summed E-state index contributed by atoms with van der Waals surface area (Å²) in [6, 6.07) is 12.1. The molecule has 1 N–H and O–H groups in total. The Hall–Kier alpha value is -2.47. The average molecular weight is 355 g/mol. The van der Waals surface area contributed by atoms with Gasteiger partial charge in [0.15, 0.2) is 0 Å². The first kappa shape index (κ1) is 17.4. The van der Waals surface area contributed by atoms with E-state index >= 15 is 0 Å². The van der Waals surface area contributed by atoms with Crippen molar-refractivity contribution in [1.82, 2.24) is 14.3 Å². The Morgan fingerprint density at radius 2 is 2.00 bits per heavy atom. The standard InChI is InChI=1S/C19H21N3O2S/c1-13-11-14(2)21-18-17(13)19(24)22(25-18)12-16(23)20-10-6-9-15-7-4-3-5-8-15/h3-5,7-8,11H,6,9-10,12H2,1-2H3,(H,20,23). The van der Waals surface area contributed by atoms with Gasteiger partial charge in [0, 0.05) is 12.2 Å². The second kappa shape index (κ2) is 7.61. The Labute approximate surface area is 150 Å². The van der Waals surface area contributed by atoms with Crippen molar-refractivity contribution in [3.8, 4) is 0 Å². The zero-order valence-corrected chi connectivity index (χ0v) is 15.2. The molecule has 1 amide bonds. The monoisotopic (exact) mass is 355 g/mol. The molecule has 2 heterocycles. The van der Waals surface area contributed by atoms with Gasteiger partial charge in [-0.15, -0.1) is 0 Å². The largest absolute Gasteiger partial charge is 0.355 e. The topological polar surface area (TPSA) is 64.0 Å². The summed E-state index contributed by atoms with van der Waals surface area (Å²) in [5, 5.41) is 3.50. The summed E-state index contributed by atoms with van der Waals surface area (Å²) in [6.45, 7) is 4.45. The number of carbonyl (C=O) groups excluding carboxylic acids is 1. The SMILES string of the molecule is Cc1cc(C)c2c(=O)n(CC(=O)NCCCc3ccccc3)sc2n1. The first-order chi connectivity index (χ1) is 12.0. The number of nitrogens with one attached hydrogen (secondary N) is 1. The Balaban J connectivity index is 1.58. The van der Waals surface area contributed by atoms with Crippen molar-refractivity contribution in [2.24, 2.45) is 0 Å². The van der Waals surface area contributed by atoms with Gasteiger partial charge in [0.05, 0.1) is 5.39 Å². The fourth-order valence-electron chi connectivity index (χ4n) is 2.85. The Morgan fingerprint density at radius 3 is 2.76 bits per heavy atom. The fourth-order valence-corrected chi connectivity index (χ4v) is 3.94. The van der Waals surface area contributed by atoms with Gasteiger partial charge in [-0.3, -0.25) is 13.5 Å². The highest BCUT2D eigenvalue weighted by molar-refractivity contribution is 7.13. The molecule has 2 aromatic heterocycles. The van der Waals surface area contributed by atoms with E-state index in [9.17, 15) is 9.59 Å². The first-order valence-electron chi connectivity index (χ1n) is 8.33. The molecule has 0 unspecified atom stereocenters. The number of aromatic nitrogens is 2. The molecule has 0 aliphatic heterocycles. The molecule has 0 saturated heterocycles. The van der Waals surface area contributed by atoms with Crippen LogP contribution in [0.1, 0.15) is 23.2 Å². The number of aryl methyl sites for hydroxylation is 3. The van der Waals surface area contributed by atoms with E-state index in [1.54, 1.807) is 0 Å². The molecular formula is C19H21N3O2S. The van der Waals surface area contributed by atoms with Crippen molar-refractivity contribution in [2.75, 3.05) is 6.54 Å². The van der Waals surface area contributed by atoms with Crippen molar-refractivity contribution in [3.63, 3.8) is 0 Å². The molecule has 5 nitrogen and oxygen atoms in total. The molecule has 0 aliphatic carbocycles. The molecule has 25 heavy (non-hydrogen) atoms.